The average molecular weight is 448 g/mol. The summed E-state index contributed by atoms with van der Waals surface area (Å²) >= 11 is 0.958. The topological polar surface area (TPSA) is 55.8 Å². The molecule has 4 rings (SSSR count). The smallest absolute Gasteiger partial charge is 0.293 e. The molecule has 0 aliphatic carbocycles. The van der Waals surface area contributed by atoms with Crippen LogP contribution >= 0.6 is 11.8 Å². The molecule has 3 aromatic rings. The van der Waals surface area contributed by atoms with Gasteiger partial charge in [-0.25, -0.2) is 0 Å². The minimum Gasteiger partial charge on any atom is -0.493 e. The maximum Gasteiger partial charge on any atom is 0.293 e. The summed E-state index contributed by atoms with van der Waals surface area (Å²) in [5.74, 6) is 0.963. The van der Waals surface area contributed by atoms with E-state index in [2.05, 4.69) is 6.92 Å². The van der Waals surface area contributed by atoms with E-state index >= 15 is 0 Å². The van der Waals surface area contributed by atoms with Gasteiger partial charge in [0, 0.05) is 0 Å². The first-order valence-electron chi connectivity index (χ1n) is 10.6. The van der Waals surface area contributed by atoms with E-state index in [9.17, 15) is 9.59 Å². The highest BCUT2D eigenvalue weighted by atomic mass is 32.2. The summed E-state index contributed by atoms with van der Waals surface area (Å²) in [6.07, 6.45) is 2.68. The standard InChI is InChI=1S/C26H25NO4S/c1-4-17(2)31-22-12-10-18(14-23(22)30-3)15-24-25(28)27(26(29)32-24)16-19-9-11-20-7-5-6-8-21(20)13-19/h5-15,17H,4,16H2,1-3H3/b24-15-. The molecule has 32 heavy (non-hydrogen) atoms. The normalized spacial score (nSPS) is 16.1. The van der Waals surface area contributed by atoms with Crippen molar-refractivity contribution in [3.63, 3.8) is 0 Å². The molecule has 0 bridgehead atoms. The van der Waals surface area contributed by atoms with Crippen LogP contribution in [0.5, 0.6) is 11.5 Å². The van der Waals surface area contributed by atoms with E-state index in [-0.39, 0.29) is 23.8 Å². The Hall–Kier alpha value is -3.25. The molecule has 1 fully saturated rings. The number of fused-ring (bicyclic) bond motifs is 1. The number of hydrogen-bond acceptors (Lipinski definition) is 5. The van der Waals surface area contributed by atoms with Gasteiger partial charge in [-0.15, -0.1) is 0 Å². The highest BCUT2D eigenvalue weighted by molar-refractivity contribution is 8.18. The van der Waals surface area contributed by atoms with Crippen molar-refractivity contribution in [2.45, 2.75) is 32.9 Å². The first kappa shape index (κ1) is 22.0. The van der Waals surface area contributed by atoms with Crippen molar-refractivity contribution in [3.8, 4) is 11.5 Å². The molecule has 0 aromatic heterocycles. The largest absolute Gasteiger partial charge is 0.493 e. The Bertz CT molecular complexity index is 1200. The first-order valence-corrected chi connectivity index (χ1v) is 11.4. The third-order valence-corrected chi connectivity index (χ3v) is 6.32. The van der Waals surface area contributed by atoms with Gasteiger partial charge in [-0.2, -0.15) is 0 Å². The molecule has 0 N–H and O–H groups in total. The zero-order chi connectivity index (χ0) is 22.7. The van der Waals surface area contributed by atoms with Crippen molar-refractivity contribution >= 4 is 39.8 Å². The van der Waals surface area contributed by atoms with Gasteiger partial charge in [-0.1, -0.05) is 49.4 Å². The van der Waals surface area contributed by atoms with E-state index in [0.29, 0.717) is 16.4 Å². The summed E-state index contributed by atoms with van der Waals surface area (Å²) in [4.78, 5) is 27.2. The molecule has 0 saturated carbocycles. The van der Waals surface area contributed by atoms with Gasteiger partial charge in [0.2, 0.25) is 0 Å². The van der Waals surface area contributed by atoms with Crippen LogP contribution in [-0.2, 0) is 11.3 Å². The van der Waals surface area contributed by atoms with E-state index in [4.69, 9.17) is 9.47 Å². The molecule has 1 unspecified atom stereocenters. The van der Waals surface area contributed by atoms with Crippen LogP contribution in [-0.4, -0.2) is 29.3 Å². The third kappa shape index (κ3) is 4.65. The van der Waals surface area contributed by atoms with Crippen molar-refractivity contribution < 1.29 is 19.1 Å². The highest BCUT2D eigenvalue weighted by Gasteiger charge is 2.35. The average Bonchev–Trinajstić information content (AvgIpc) is 3.07. The number of ether oxygens (including phenoxy) is 2. The molecule has 1 saturated heterocycles. The Kier molecular flexibility index (Phi) is 6.51. The zero-order valence-corrected chi connectivity index (χ0v) is 19.1. The number of amides is 2. The van der Waals surface area contributed by atoms with Gasteiger partial charge in [-0.3, -0.25) is 14.5 Å². The summed E-state index contributed by atoms with van der Waals surface area (Å²) in [6, 6.07) is 19.5. The molecule has 1 aliphatic heterocycles. The summed E-state index contributed by atoms with van der Waals surface area (Å²) in [5.41, 5.74) is 1.69. The number of rotatable bonds is 7. The van der Waals surface area contributed by atoms with Gasteiger partial charge in [0.1, 0.15) is 0 Å². The Morgan fingerprint density at radius 1 is 1.00 bits per heavy atom. The zero-order valence-electron chi connectivity index (χ0n) is 18.3. The number of hydrogen-bond donors (Lipinski definition) is 0. The lowest BCUT2D eigenvalue weighted by atomic mass is 10.1. The van der Waals surface area contributed by atoms with Crippen LogP contribution in [0, 0.1) is 0 Å². The van der Waals surface area contributed by atoms with Crippen LogP contribution in [0.1, 0.15) is 31.4 Å². The highest BCUT2D eigenvalue weighted by Crippen LogP contribution is 2.35. The molecular formula is C26H25NO4S. The summed E-state index contributed by atoms with van der Waals surface area (Å²) in [6.45, 7) is 4.30. The first-order chi connectivity index (χ1) is 15.5. The van der Waals surface area contributed by atoms with Crippen LogP contribution in [0.15, 0.2) is 65.6 Å². The van der Waals surface area contributed by atoms with Gasteiger partial charge in [0.25, 0.3) is 11.1 Å². The fourth-order valence-corrected chi connectivity index (χ4v) is 4.32. The molecule has 1 aliphatic rings. The minimum absolute atomic E-state index is 0.0707. The number of imide groups is 1. The van der Waals surface area contributed by atoms with Crippen molar-refractivity contribution in [1.29, 1.82) is 0 Å². The Labute approximate surface area is 192 Å². The number of methoxy groups -OCH3 is 1. The van der Waals surface area contributed by atoms with Crippen LogP contribution in [0.4, 0.5) is 4.79 Å². The van der Waals surface area contributed by atoms with E-state index in [1.807, 2.05) is 67.6 Å². The Morgan fingerprint density at radius 2 is 1.78 bits per heavy atom. The molecular weight excluding hydrogens is 422 g/mol. The molecule has 1 heterocycles. The van der Waals surface area contributed by atoms with Gasteiger partial charge in [0.05, 0.1) is 24.7 Å². The van der Waals surface area contributed by atoms with Crippen molar-refractivity contribution in [3.05, 3.63) is 76.7 Å². The summed E-state index contributed by atoms with van der Waals surface area (Å²) in [5, 5.41) is 1.94. The number of benzene rings is 3. The quantitative estimate of drug-likeness (QED) is 0.400. The van der Waals surface area contributed by atoms with E-state index in [0.717, 1.165) is 40.1 Å². The van der Waals surface area contributed by atoms with Gasteiger partial charge in [0.15, 0.2) is 11.5 Å². The van der Waals surface area contributed by atoms with Crippen LogP contribution in [0.3, 0.4) is 0 Å². The predicted molar refractivity (Wildman–Crippen MR) is 129 cm³/mol. The summed E-state index contributed by atoms with van der Waals surface area (Å²) in [7, 11) is 1.58. The van der Waals surface area contributed by atoms with Crippen LogP contribution < -0.4 is 9.47 Å². The second-order valence-corrected chi connectivity index (χ2v) is 8.69. The molecule has 6 heteroatoms. The predicted octanol–water partition coefficient (Wildman–Crippen LogP) is 6.26. The summed E-state index contributed by atoms with van der Waals surface area (Å²) < 4.78 is 11.3. The van der Waals surface area contributed by atoms with E-state index in [1.54, 1.807) is 13.2 Å². The van der Waals surface area contributed by atoms with Crippen LogP contribution in [0.25, 0.3) is 16.8 Å². The fourth-order valence-electron chi connectivity index (χ4n) is 3.48. The van der Waals surface area contributed by atoms with Crippen molar-refractivity contribution in [1.82, 2.24) is 4.90 Å². The lowest BCUT2D eigenvalue weighted by molar-refractivity contribution is -0.123. The molecule has 164 valence electrons. The number of nitrogens with zero attached hydrogens (tertiary/aromatic N) is 1. The maximum absolute atomic E-state index is 13.0. The molecule has 0 radical (unpaired) electrons. The van der Waals surface area contributed by atoms with E-state index < -0.39 is 0 Å². The fraction of sp³-hybridized carbons (Fsp3) is 0.231. The van der Waals surface area contributed by atoms with Crippen molar-refractivity contribution in [2.24, 2.45) is 0 Å². The molecule has 2 amide bonds. The van der Waals surface area contributed by atoms with E-state index in [1.165, 1.54) is 4.90 Å². The van der Waals surface area contributed by atoms with Gasteiger partial charge in [-0.05, 0) is 71.3 Å². The second-order valence-electron chi connectivity index (χ2n) is 7.70. The Morgan fingerprint density at radius 3 is 2.53 bits per heavy atom. The molecule has 3 aromatic carbocycles. The number of carbonyl (C=O) groups is 2. The SMILES string of the molecule is CCC(C)Oc1ccc(/C=C2\SC(=O)N(Cc3ccc4ccccc4c3)C2=O)cc1OC. The Balaban J connectivity index is 1.54. The lowest BCUT2D eigenvalue weighted by Gasteiger charge is -2.15. The van der Waals surface area contributed by atoms with Crippen LogP contribution in [0.2, 0.25) is 0 Å². The maximum atomic E-state index is 13.0. The second kappa shape index (κ2) is 9.49. The van der Waals surface area contributed by atoms with Gasteiger partial charge >= 0.3 is 0 Å². The number of carbonyl (C=O) groups excluding carboxylic acids is 2. The minimum atomic E-state index is -0.285. The van der Waals surface area contributed by atoms with Crippen molar-refractivity contribution in [2.75, 3.05) is 7.11 Å². The third-order valence-electron chi connectivity index (χ3n) is 5.42. The molecule has 1 atom stereocenters. The molecule has 5 nitrogen and oxygen atoms in total. The lowest BCUT2D eigenvalue weighted by Crippen LogP contribution is -2.27. The monoisotopic (exact) mass is 447 g/mol. The molecule has 0 spiro atoms. The van der Waals surface area contributed by atoms with Gasteiger partial charge < -0.3 is 9.47 Å². The number of thioether (sulfide) groups is 1.